The number of rotatable bonds is 5. The molecule has 2 N–H and O–H groups in total. The predicted molar refractivity (Wildman–Crippen MR) is 77.4 cm³/mol. The van der Waals surface area contributed by atoms with Gasteiger partial charge in [0.2, 0.25) is 5.75 Å². The summed E-state index contributed by atoms with van der Waals surface area (Å²) in [4.78, 5) is 8.19. The van der Waals surface area contributed by atoms with E-state index < -0.39 is 5.82 Å². The van der Waals surface area contributed by atoms with E-state index >= 15 is 0 Å². The molecule has 2 aromatic rings. The molecule has 0 aliphatic heterocycles. The maximum absolute atomic E-state index is 13.4. The summed E-state index contributed by atoms with van der Waals surface area (Å²) < 4.78 is 18.7. The minimum Gasteiger partial charge on any atom is -0.490 e. The minimum absolute atomic E-state index is 0.0681. The molecule has 0 fully saturated rings. The van der Waals surface area contributed by atoms with E-state index in [-0.39, 0.29) is 5.02 Å². The fourth-order valence-electron chi connectivity index (χ4n) is 1.66. The summed E-state index contributed by atoms with van der Waals surface area (Å²) >= 11 is 5.65. The summed E-state index contributed by atoms with van der Waals surface area (Å²) in [5.41, 5.74) is 0.520. The average Bonchev–Trinajstić information content (AvgIpc) is 2.44. The third-order valence-electron chi connectivity index (χ3n) is 2.53. The number of nitrogens with one attached hydrogen (secondary N) is 2. The summed E-state index contributed by atoms with van der Waals surface area (Å²) in [6.45, 7) is 2.64. The monoisotopic (exact) mass is 296 g/mol. The first-order chi connectivity index (χ1) is 9.65. The van der Waals surface area contributed by atoms with Crippen molar-refractivity contribution in [1.29, 1.82) is 0 Å². The van der Waals surface area contributed by atoms with Crippen molar-refractivity contribution >= 4 is 28.9 Å². The maximum Gasteiger partial charge on any atom is 0.204 e. The molecule has 0 atom stereocenters. The van der Waals surface area contributed by atoms with E-state index in [1.165, 1.54) is 25.6 Å². The molecule has 0 amide bonds. The van der Waals surface area contributed by atoms with Crippen molar-refractivity contribution in [3.63, 3.8) is 0 Å². The van der Waals surface area contributed by atoms with Gasteiger partial charge in [-0.05, 0) is 25.1 Å². The topological polar surface area (TPSA) is 59.1 Å². The normalized spacial score (nSPS) is 10.2. The van der Waals surface area contributed by atoms with Crippen LogP contribution < -0.4 is 15.4 Å². The Morgan fingerprint density at radius 2 is 2.05 bits per heavy atom. The van der Waals surface area contributed by atoms with Gasteiger partial charge < -0.3 is 15.4 Å². The SMILES string of the molecule is CCNc1ncnc(Nc2ccc(Cl)c(F)c2)c1OC. The second-order valence-corrected chi connectivity index (χ2v) is 4.30. The Morgan fingerprint density at radius 3 is 2.70 bits per heavy atom. The third kappa shape index (κ3) is 3.08. The fourth-order valence-corrected chi connectivity index (χ4v) is 1.78. The van der Waals surface area contributed by atoms with E-state index in [0.717, 1.165) is 0 Å². The van der Waals surface area contributed by atoms with Gasteiger partial charge >= 0.3 is 0 Å². The first kappa shape index (κ1) is 14.3. The Labute approximate surface area is 121 Å². The zero-order valence-electron chi connectivity index (χ0n) is 11.1. The molecule has 0 aliphatic rings. The first-order valence-electron chi connectivity index (χ1n) is 6.00. The van der Waals surface area contributed by atoms with Crippen molar-refractivity contribution in [1.82, 2.24) is 9.97 Å². The fraction of sp³-hybridized carbons (Fsp3) is 0.231. The van der Waals surface area contributed by atoms with Crippen LogP contribution in [0.4, 0.5) is 21.7 Å². The highest BCUT2D eigenvalue weighted by Crippen LogP contribution is 2.31. The molecule has 0 bridgehead atoms. The lowest BCUT2D eigenvalue weighted by Gasteiger charge is -2.13. The molecule has 5 nitrogen and oxygen atoms in total. The van der Waals surface area contributed by atoms with Gasteiger partial charge in [0.1, 0.15) is 12.1 Å². The number of halogens is 2. The zero-order chi connectivity index (χ0) is 14.5. The number of nitrogens with zero attached hydrogens (tertiary/aromatic N) is 2. The number of aromatic nitrogens is 2. The van der Waals surface area contributed by atoms with Crippen LogP contribution in [0, 0.1) is 5.82 Å². The number of methoxy groups -OCH3 is 1. The second kappa shape index (κ2) is 6.38. The Morgan fingerprint density at radius 1 is 1.30 bits per heavy atom. The number of anilines is 3. The van der Waals surface area contributed by atoms with Crippen molar-refractivity contribution in [3.8, 4) is 5.75 Å². The summed E-state index contributed by atoms with van der Waals surface area (Å²) in [7, 11) is 1.52. The molecule has 106 valence electrons. The predicted octanol–water partition coefficient (Wildman–Crippen LogP) is 3.45. The molecule has 0 saturated carbocycles. The van der Waals surface area contributed by atoms with Crippen molar-refractivity contribution in [2.75, 3.05) is 24.3 Å². The smallest absolute Gasteiger partial charge is 0.204 e. The molecule has 0 aliphatic carbocycles. The third-order valence-corrected chi connectivity index (χ3v) is 2.84. The molecule has 1 aromatic carbocycles. The Kier molecular flexibility index (Phi) is 4.57. The summed E-state index contributed by atoms with van der Waals surface area (Å²) in [6.07, 6.45) is 1.40. The van der Waals surface area contributed by atoms with Crippen LogP contribution in [0.1, 0.15) is 6.92 Å². The van der Waals surface area contributed by atoms with Crippen LogP contribution in [-0.4, -0.2) is 23.6 Å². The number of hydrogen-bond donors (Lipinski definition) is 2. The van der Waals surface area contributed by atoms with E-state index in [2.05, 4.69) is 20.6 Å². The molecular weight excluding hydrogens is 283 g/mol. The Bertz CT molecular complexity index is 609. The number of ether oxygens (including phenoxy) is 1. The van der Waals surface area contributed by atoms with Crippen molar-refractivity contribution < 1.29 is 9.13 Å². The standard InChI is InChI=1S/C13H14ClFN4O/c1-3-16-12-11(20-2)13(18-7-17-12)19-8-4-5-9(14)10(15)6-8/h4-7H,3H2,1-2H3,(H2,16,17,18,19). The van der Waals surface area contributed by atoms with Crippen LogP contribution >= 0.6 is 11.6 Å². The summed E-state index contributed by atoms with van der Waals surface area (Å²) in [5.74, 6) is 0.975. The highest BCUT2D eigenvalue weighted by atomic mass is 35.5. The highest BCUT2D eigenvalue weighted by molar-refractivity contribution is 6.30. The number of benzene rings is 1. The van der Waals surface area contributed by atoms with Gasteiger partial charge in [0.25, 0.3) is 0 Å². The van der Waals surface area contributed by atoms with E-state index in [1.807, 2.05) is 6.92 Å². The van der Waals surface area contributed by atoms with E-state index in [0.29, 0.717) is 29.6 Å². The lowest BCUT2D eigenvalue weighted by Crippen LogP contribution is -2.06. The number of hydrogen-bond acceptors (Lipinski definition) is 5. The molecule has 1 heterocycles. The second-order valence-electron chi connectivity index (χ2n) is 3.89. The van der Waals surface area contributed by atoms with Crippen molar-refractivity contribution in [2.24, 2.45) is 0 Å². The Balaban J connectivity index is 2.32. The molecule has 0 unspecified atom stereocenters. The molecule has 20 heavy (non-hydrogen) atoms. The van der Waals surface area contributed by atoms with Gasteiger partial charge in [-0.2, -0.15) is 0 Å². The molecule has 0 saturated heterocycles. The largest absolute Gasteiger partial charge is 0.490 e. The lowest BCUT2D eigenvalue weighted by atomic mass is 10.3. The van der Waals surface area contributed by atoms with Crippen LogP contribution in [0.25, 0.3) is 0 Å². The molecule has 7 heteroatoms. The highest BCUT2D eigenvalue weighted by Gasteiger charge is 2.12. The van der Waals surface area contributed by atoms with Crippen molar-refractivity contribution in [3.05, 3.63) is 35.4 Å². The van der Waals surface area contributed by atoms with Gasteiger partial charge in [-0.25, -0.2) is 14.4 Å². The molecular formula is C13H14ClFN4O. The molecule has 2 rings (SSSR count). The van der Waals surface area contributed by atoms with Crippen LogP contribution in [0.5, 0.6) is 5.75 Å². The van der Waals surface area contributed by atoms with Gasteiger partial charge in [-0.15, -0.1) is 0 Å². The van der Waals surface area contributed by atoms with E-state index in [9.17, 15) is 4.39 Å². The van der Waals surface area contributed by atoms with E-state index in [4.69, 9.17) is 16.3 Å². The summed E-state index contributed by atoms with van der Waals surface area (Å²) in [5, 5.41) is 6.11. The van der Waals surface area contributed by atoms with Crippen LogP contribution in [0.15, 0.2) is 24.5 Å². The van der Waals surface area contributed by atoms with Gasteiger partial charge in [0.05, 0.1) is 12.1 Å². The van der Waals surface area contributed by atoms with Gasteiger partial charge in [-0.1, -0.05) is 11.6 Å². The molecule has 0 radical (unpaired) electrons. The summed E-state index contributed by atoms with van der Waals surface area (Å²) in [6, 6.07) is 4.41. The van der Waals surface area contributed by atoms with Crippen molar-refractivity contribution in [2.45, 2.75) is 6.92 Å². The quantitative estimate of drug-likeness (QED) is 0.885. The van der Waals surface area contributed by atoms with Gasteiger partial charge in [-0.3, -0.25) is 0 Å². The Hall–Kier alpha value is -2.08. The maximum atomic E-state index is 13.4. The van der Waals surface area contributed by atoms with E-state index in [1.54, 1.807) is 6.07 Å². The van der Waals surface area contributed by atoms with Gasteiger partial charge in [0, 0.05) is 12.2 Å². The van der Waals surface area contributed by atoms with Gasteiger partial charge in [0.15, 0.2) is 11.6 Å². The first-order valence-corrected chi connectivity index (χ1v) is 6.38. The molecule has 0 spiro atoms. The minimum atomic E-state index is -0.503. The zero-order valence-corrected chi connectivity index (χ0v) is 11.8. The van der Waals surface area contributed by atoms with Crippen LogP contribution in [-0.2, 0) is 0 Å². The average molecular weight is 297 g/mol. The lowest BCUT2D eigenvalue weighted by molar-refractivity contribution is 0.415. The van der Waals surface area contributed by atoms with Crippen LogP contribution in [0.2, 0.25) is 5.02 Å². The molecule has 1 aromatic heterocycles. The van der Waals surface area contributed by atoms with Crippen LogP contribution in [0.3, 0.4) is 0 Å².